The normalized spacial score (nSPS) is 11.8. The zero-order valence-corrected chi connectivity index (χ0v) is 31.8. The molecule has 0 aliphatic rings. The van der Waals surface area contributed by atoms with Crippen molar-refractivity contribution in [2.45, 2.75) is 37.0 Å². The fourth-order valence-corrected chi connectivity index (χ4v) is 9.68. The molecule has 233 valence electrons. The molecule has 1 radical (unpaired) electrons. The molecule has 3 aromatic heterocycles. The zero-order chi connectivity index (χ0) is 32.5. The van der Waals surface area contributed by atoms with Crippen molar-refractivity contribution >= 4 is 49.2 Å². The van der Waals surface area contributed by atoms with Crippen LogP contribution in [0, 0.1) is 17.9 Å². The molecule has 46 heavy (non-hydrogen) atoms. The summed E-state index contributed by atoms with van der Waals surface area (Å²) in [6.07, 6.45) is 3.83. The Bertz CT molecular complexity index is 2140. The molecular weight excluding hydrogens is 824 g/mol. The second-order valence-corrected chi connectivity index (χ2v) is 23.9. The number of hydrogen-bond donors (Lipinski definition) is 0. The number of nitrogens with zero attached hydrogens (tertiary/aromatic N) is 2. The summed E-state index contributed by atoms with van der Waals surface area (Å²) in [6.45, 7) is 3.72. The van der Waals surface area contributed by atoms with Gasteiger partial charge in [-0.15, -0.1) is 23.8 Å². The summed E-state index contributed by atoms with van der Waals surface area (Å²) >= 11 is -0.365. The van der Waals surface area contributed by atoms with E-state index in [1.165, 1.54) is 21.6 Å². The van der Waals surface area contributed by atoms with Gasteiger partial charge in [-0.05, 0) is 45.9 Å². The van der Waals surface area contributed by atoms with Crippen LogP contribution in [0.4, 0.5) is 4.39 Å². The van der Waals surface area contributed by atoms with Gasteiger partial charge in [-0.25, -0.2) is 4.39 Å². The van der Waals surface area contributed by atoms with Crippen LogP contribution in [0.1, 0.15) is 26.7 Å². The third-order valence-corrected chi connectivity index (χ3v) is 13.2. The SMILES string of the molecule is [2H]C(C)(C)c1ccnc(-c2[c-]ccc3c2sc2ccc(F)cc23)c1.[CH3][Ge]([CH3])([CH3])[c]1cnc(-c2[c-]cccc2)cc1-c1ccccc1.[Ir]. The Morgan fingerprint density at radius 1 is 0.804 bits per heavy atom. The van der Waals surface area contributed by atoms with Crippen LogP contribution in [0.25, 0.3) is 53.8 Å². The van der Waals surface area contributed by atoms with Gasteiger partial charge >= 0.3 is 135 Å². The Hall–Kier alpha value is -3.48. The largest absolute Gasteiger partial charge is 0 e. The Balaban J connectivity index is 0.000000181. The van der Waals surface area contributed by atoms with Crippen molar-refractivity contribution in [2.75, 3.05) is 0 Å². The first-order chi connectivity index (χ1) is 22.0. The minimum Gasteiger partial charge on any atom is 0 e. The molecule has 3 heterocycles. The molecule has 4 aromatic carbocycles. The van der Waals surface area contributed by atoms with Gasteiger partial charge < -0.3 is 4.98 Å². The fraction of sp³-hybridized carbons (Fsp3) is 0.150. The van der Waals surface area contributed by atoms with Gasteiger partial charge in [0.2, 0.25) is 0 Å². The summed E-state index contributed by atoms with van der Waals surface area (Å²) in [5, 5.41) is 1.93. The van der Waals surface area contributed by atoms with Crippen molar-refractivity contribution in [1.29, 1.82) is 0 Å². The van der Waals surface area contributed by atoms with Gasteiger partial charge in [0.15, 0.2) is 0 Å². The molecule has 0 N–H and O–H groups in total. The predicted molar refractivity (Wildman–Crippen MR) is 192 cm³/mol. The molecule has 7 rings (SSSR count). The van der Waals surface area contributed by atoms with Crippen LogP contribution in [0.5, 0.6) is 0 Å². The number of aromatic nitrogens is 2. The molecule has 6 heteroatoms. The number of fused-ring (bicyclic) bond motifs is 3. The van der Waals surface area contributed by atoms with E-state index in [9.17, 15) is 4.39 Å². The molecule has 0 aliphatic carbocycles. The zero-order valence-electron chi connectivity index (χ0n) is 27.5. The average molecular weight is 861 g/mol. The third-order valence-electron chi connectivity index (χ3n) is 7.77. The van der Waals surface area contributed by atoms with Crippen LogP contribution < -0.4 is 4.40 Å². The van der Waals surface area contributed by atoms with Crippen molar-refractivity contribution in [3.63, 3.8) is 0 Å². The molecule has 0 saturated heterocycles. The number of thiophene rings is 1. The topological polar surface area (TPSA) is 25.8 Å². The van der Waals surface area contributed by atoms with Crippen molar-refractivity contribution < 1.29 is 25.9 Å². The minimum absolute atomic E-state index is 0. The molecule has 0 fully saturated rings. The van der Waals surface area contributed by atoms with Gasteiger partial charge in [0, 0.05) is 32.4 Å². The van der Waals surface area contributed by atoms with Crippen molar-refractivity contribution in [3.05, 3.63) is 139 Å². The molecule has 0 saturated carbocycles. The predicted octanol–water partition coefficient (Wildman–Crippen LogP) is 10.9. The Labute approximate surface area is 292 Å². The summed E-state index contributed by atoms with van der Waals surface area (Å²) in [5.41, 5.74) is 7.26. The van der Waals surface area contributed by atoms with Crippen LogP contribution in [-0.4, -0.2) is 23.2 Å². The number of halogens is 1. The van der Waals surface area contributed by atoms with E-state index in [4.69, 9.17) is 6.35 Å². The molecule has 2 nitrogen and oxygen atoms in total. The first-order valence-corrected chi connectivity index (χ1v) is 23.2. The van der Waals surface area contributed by atoms with Crippen LogP contribution in [-0.2, 0) is 20.1 Å². The fourth-order valence-electron chi connectivity index (χ4n) is 5.39. The first-order valence-electron chi connectivity index (χ1n) is 15.5. The van der Waals surface area contributed by atoms with Crippen molar-refractivity contribution in [2.24, 2.45) is 0 Å². The van der Waals surface area contributed by atoms with Gasteiger partial charge in [-0.2, -0.15) is 11.3 Å². The molecule has 0 spiro atoms. The van der Waals surface area contributed by atoms with Crippen LogP contribution >= 0.6 is 11.3 Å². The summed E-state index contributed by atoms with van der Waals surface area (Å²) in [6, 6.07) is 40.0. The van der Waals surface area contributed by atoms with Gasteiger partial charge in [0.05, 0.1) is 0 Å². The number of rotatable bonds is 5. The van der Waals surface area contributed by atoms with E-state index in [-0.39, 0.29) is 25.9 Å². The van der Waals surface area contributed by atoms with E-state index in [0.29, 0.717) is 0 Å². The third kappa shape index (κ3) is 7.39. The first kappa shape index (κ1) is 32.5. The maximum atomic E-state index is 13.6. The Morgan fingerprint density at radius 2 is 1.59 bits per heavy atom. The van der Waals surface area contributed by atoms with E-state index in [1.807, 2.05) is 62.4 Å². The van der Waals surface area contributed by atoms with Crippen LogP contribution in [0.3, 0.4) is 0 Å². The Kier molecular flexibility index (Phi) is 10.2. The van der Waals surface area contributed by atoms with Gasteiger partial charge in [0.1, 0.15) is 5.82 Å². The van der Waals surface area contributed by atoms with Crippen molar-refractivity contribution in [1.82, 2.24) is 9.97 Å². The van der Waals surface area contributed by atoms with Crippen LogP contribution in [0.2, 0.25) is 17.3 Å². The summed E-state index contributed by atoms with van der Waals surface area (Å²) in [7, 11) is 0. The second-order valence-electron chi connectivity index (χ2n) is 12.3. The summed E-state index contributed by atoms with van der Waals surface area (Å²) < 4.78 is 25.4. The van der Waals surface area contributed by atoms with Crippen LogP contribution in [0.15, 0.2) is 116 Å². The molecular formula is C40H35FGeIrN2S-2. The van der Waals surface area contributed by atoms with E-state index < -0.39 is 19.2 Å². The van der Waals surface area contributed by atoms with Gasteiger partial charge in [-0.3, -0.25) is 0 Å². The number of pyridine rings is 2. The maximum absolute atomic E-state index is 13.6. The van der Waals surface area contributed by atoms with E-state index in [2.05, 4.69) is 83.0 Å². The number of hydrogen-bond acceptors (Lipinski definition) is 3. The van der Waals surface area contributed by atoms with Gasteiger partial charge in [-0.1, -0.05) is 30.9 Å². The Morgan fingerprint density at radius 3 is 2.30 bits per heavy atom. The standard InChI is InChI=1S/C20H15FNS.C20H20GeN.Ir/c1-12(2)13-8-9-22-18(10-13)16-5-3-4-15-17-11-14(21)6-7-19(17)23-20(15)16;1-21(2,3)19-15-22-20(17-12-8-5-9-13-17)14-18(19)16-10-6-4-7-11-16;/h3-4,6-12H,1-2H3;4-12,14-15H,1-3H3;/q2*-1;/i12D;;. The van der Waals surface area contributed by atoms with Crippen molar-refractivity contribution in [3.8, 4) is 33.6 Å². The van der Waals surface area contributed by atoms with E-state index >= 15 is 0 Å². The quantitative estimate of drug-likeness (QED) is 0.127. The van der Waals surface area contributed by atoms with E-state index in [1.54, 1.807) is 23.6 Å². The maximum Gasteiger partial charge on any atom is 0 e. The van der Waals surface area contributed by atoms with E-state index in [0.717, 1.165) is 48.3 Å². The molecule has 0 bridgehead atoms. The molecule has 0 unspecified atom stereocenters. The summed E-state index contributed by atoms with van der Waals surface area (Å²) in [4.78, 5) is 9.20. The average Bonchev–Trinajstić information content (AvgIpc) is 3.43. The molecule has 0 amide bonds. The molecule has 7 aromatic rings. The smallest absolute Gasteiger partial charge is 0 e. The number of benzene rings is 4. The molecule has 0 aliphatic heterocycles. The molecule has 0 atom stereocenters. The van der Waals surface area contributed by atoms with Gasteiger partial charge in [0.25, 0.3) is 0 Å². The second kappa shape index (κ2) is 14.5. The monoisotopic (exact) mass is 862 g/mol. The summed E-state index contributed by atoms with van der Waals surface area (Å²) in [5.74, 6) is 6.33. The minimum atomic E-state index is -1.99.